The number of benzene rings is 1. The molecule has 3 N–H and O–H groups in total. The van der Waals surface area contributed by atoms with Crippen molar-refractivity contribution < 1.29 is 19.0 Å². The lowest BCUT2D eigenvalue weighted by molar-refractivity contribution is -0.123. The van der Waals surface area contributed by atoms with Crippen molar-refractivity contribution in [2.24, 2.45) is 0 Å². The van der Waals surface area contributed by atoms with Crippen molar-refractivity contribution in [3.05, 3.63) is 18.2 Å². The van der Waals surface area contributed by atoms with E-state index in [-0.39, 0.29) is 12.5 Å². The van der Waals surface area contributed by atoms with Crippen molar-refractivity contribution in [1.29, 1.82) is 0 Å². The van der Waals surface area contributed by atoms with E-state index >= 15 is 0 Å². The third kappa shape index (κ3) is 5.48. The smallest absolute Gasteiger partial charge is 0.257 e. The summed E-state index contributed by atoms with van der Waals surface area (Å²) in [4.78, 5) is 11.5. The standard InChI is InChI=1S/C13H20N2O4/c1-17-7-3-6-15-13(16)9-19-10-4-5-12(18-2)11(14)8-10/h4-5,8H,3,6-7,9,14H2,1-2H3,(H,15,16). The lowest BCUT2D eigenvalue weighted by Gasteiger charge is -2.09. The van der Waals surface area contributed by atoms with Gasteiger partial charge in [0.2, 0.25) is 0 Å². The number of anilines is 1. The Morgan fingerprint density at radius 3 is 2.79 bits per heavy atom. The minimum Gasteiger partial charge on any atom is -0.495 e. The molecular formula is C13H20N2O4. The molecule has 0 saturated heterocycles. The van der Waals surface area contributed by atoms with E-state index in [2.05, 4.69) is 5.32 Å². The van der Waals surface area contributed by atoms with Gasteiger partial charge in [-0.25, -0.2) is 0 Å². The number of nitrogen functional groups attached to an aromatic ring is 1. The van der Waals surface area contributed by atoms with Crippen LogP contribution >= 0.6 is 0 Å². The highest BCUT2D eigenvalue weighted by molar-refractivity contribution is 5.77. The first-order valence-corrected chi connectivity index (χ1v) is 5.99. The van der Waals surface area contributed by atoms with E-state index in [0.717, 1.165) is 6.42 Å². The van der Waals surface area contributed by atoms with Crippen LogP contribution in [-0.4, -0.2) is 39.9 Å². The monoisotopic (exact) mass is 268 g/mol. The second-order valence-electron chi connectivity index (χ2n) is 3.89. The maximum atomic E-state index is 11.5. The zero-order chi connectivity index (χ0) is 14.1. The van der Waals surface area contributed by atoms with Crippen molar-refractivity contribution in [1.82, 2.24) is 5.32 Å². The van der Waals surface area contributed by atoms with Crippen LogP contribution in [-0.2, 0) is 9.53 Å². The highest BCUT2D eigenvalue weighted by atomic mass is 16.5. The fourth-order valence-electron chi connectivity index (χ4n) is 1.45. The molecule has 1 aromatic rings. The Bertz CT molecular complexity index is 410. The van der Waals surface area contributed by atoms with Crippen LogP contribution in [0.5, 0.6) is 11.5 Å². The van der Waals surface area contributed by atoms with Gasteiger partial charge in [0.05, 0.1) is 12.8 Å². The molecule has 0 bridgehead atoms. The van der Waals surface area contributed by atoms with Crippen LogP contribution in [0.15, 0.2) is 18.2 Å². The van der Waals surface area contributed by atoms with E-state index in [0.29, 0.717) is 30.3 Å². The molecule has 0 fully saturated rings. The molecule has 6 nitrogen and oxygen atoms in total. The molecule has 19 heavy (non-hydrogen) atoms. The molecule has 0 aliphatic rings. The fourth-order valence-corrected chi connectivity index (χ4v) is 1.45. The molecule has 0 aliphatic heterocycles. The minimum atomic E-state index is -0.175. The van der Waals surface area contributed by atoms with Gasteiger partial charge in [-0.15, -0.1) is 0 Å². The minimum absolute atomic E-state index is 0.0429. The molecule has 0 saturated carbocycles. The lowest BCUT2D eigenvalue weighted by Crippen LogP contribution is -2.30. The van der Waals surface area contributed by atoms with E-state index in [4.69, 9.17) is 19.9 Å². The summed E-state index contributed by atoms with van der Waals surface area (Å²) in [7, 11) is 3.17. The Balaban J connectivity index is 2.32. The van der Waals surface area contributed by atoms with E-state index in [9.17, 15) is 4.79 Å². The second-order valence-corrected chi connectivity index (χ2v) is 3.89. The van der Waals surface area contributed by atoms with Gasteiger partial charge in [0, 0.05) is 26.3 Å². The summed E-state index contributed by atoms with van der Waals surface area (Å²) in [6.07, 6.45) is 0.776. The number of ether oxygens (including phenoxy) is 3. The summed E-state index contributed by atoms with van der Waals surface area (Å²) < 4.78 is 15.2. The molecule has 0 aliphatic carbocycles. The van der Waals surface area contributed by atoms with Crippen molar-refractivity contribution in [2.75, 3.05) is 39.7 Å². The van der Waals surface area contributed by atoms with Gasteiger partial charge in [0.25, 0.3) is 5.91 Å². The van der Waals surface area contributed by atoms with Crippen LogP contribution < -0.4 is 20.5 Å². The van der Waals surface area contributed by atoms with Gasteiger partial charge in [-0.2, -0.15) is 0 Å². The van der Waals surface area contributed by atoms with Crippen molar-refractivity contribution in [3.8, 4) is 11.5 Å². The maximum absolute atomic E-state index is 11.5. The summed E-state index contributed by atoms with van der Waals surface area (Å²) in [5.74, 6) is 0.937. The predicted octanol–water partition coefficient (Wildman–Crippen LogP) is 0.809. The molecule has 0 spiro atoms. The molecule has 1 rings (SSSR count). The lowest BCUT2D eigenvalue weighted by atomic mass is 10.3. The van der Waals surface area contributed by atoms with Gasteiger partial charge in [0.15, 0.2) is 6.61 Å². The molecule has 0 aromatic heterocycles. The van der Waals surface area contributed by atoms with Crippen LogP contribution in [0.2, 0.25) is 0 Å². The Morgan fingerprint density at radius 1 is 1.37 bits per heavy atom. The molecule has 0 unspecified atom stereocenters. The van der Waals surface area contributed by atoms with Gasteiger partial charge in [-0.3, -0.25) is 4.79 Å². The third-order valence-electron chi connectivity index (χ3n) is 2.42. The summed E-state index contributed by atoms with van der Waals surface area (Å²) in [5.41, 5.74) is 6.21. The summed E-state index contributed by atoms with van der Waals surface area (Å²) in [6, 6.07) is 5.02. The number of carbonyl (C=O) groups excluding carboxylic acids is 1. The van der Waals surface area contributed by atoms with Gasteiger partial charge >= 0.3 is 0 Å². The van der Waals surface area contributed by atoms with E-state index in [1.165, 1.54) is 0 Å². The van der Waals surface area contributed by atoms with Crippen LogP contribution in [0.1, 0.15) is 6.42 Å². The Labute approximate surface area is 112 Å². The summed E-state index contributed by atoms with van der Waals surface area (Å²) >= 11 is 0. The summed E-state index contributed by atoms with van der Waals surface area (Å²) in [5, 5.41) is 2.73. The van der Waals surface area contributed by atoms with Gasteiger partial charge in [-0.05, 0) is 18.6 Å². The van der Waals surface area contributed by atoms with Crippen molar-refractivity contribution >= 4 is 11.6 Å². The van der Waals surface area contributed by atoms with Crippen LogP contribution in [0.3, 0.4) is 0 Å². The Hall–Kier alpha value is -1.95. The zero-order valence-corrected chi connectivity index (χ0v) is 11.3. The second kappa shape index (κ2) is 8.20. The first-order valence-electron chi connectivity index (χ1n) is 5.99. The maximum Gasteiger partial charge on any atom is 0.257 e. The molecule has 106 valence electrons. The first-order chi connectivity index (χ1) is 9.17. The number of hydrogen-bond donors (Lipinski definition) is 2. The number of nitrogens with two attached hydrogens (primary N) is 1. The number of rotatable bonds is 8. The largest absolute Gasteiger partial charge is 0.495 e. The molecular weight excluding hydrogens is 248 g/mol. The number of methoxy groups -OCH3 is 2. The molecule has 1 aromatic carbocycles. The predicted molar refractivity (Wildman–Crippen MR) is 72.4 cm³/mol. The van der Waals surface area contributed by atoms with Crippen LogP contribution in [0.25, 0.3) is 0 Å². The molecule has 0 atom stereocenters. The number of amides is 1. The van der Waals surface area contributed by atoms with E-state index in [1.807, 2.05) is 0 Å². The van der Waals surface area contributed by atoms with Crippen LogP contribution in [0, 0.1) is 0 Å². The molecule has 6 heteroatoms. The normalized spacial score (nSPS) is 10.0. The third-order valence-corrected chi connectivity index (χ3v) is 2.42. The Morgan fingerprint density at radius 2 is 2.16 bits per heavy atom. The number of nitrogens with one attached hydrogen (secondary N) is 1. The highest BCUT2D eigenvalue weighted by Gasteiger charge is 2.04. The van der Waals surface area contributed by atoms with Crippen molar-refractivity contribution in [3.63, 3.8) is 0 Å². The Kier molecular flexibility index (Phi) is 6.52. The van der Waals surface area contributed by atoms with Gasteiger partial charge in [-0.1, -0.05) is 0 Å². The average molecular weight is 268 g/mol. The van der Waals surface area contributed by atoms with E-state index in [1.54, 1.807) is 32.4 Å². The fraction of sp³-hybridized carbons (Fsp3) is 0.462. The van der Waals surface area contributed by atoms with Gasteiger partial charge < -0.3 is 25.3 Å². The molecule has 0 heterocycles. The van der Waals surface area contributed by atoms with Gasteiger partial charge in [0.1, 0.15) is 11.5 Å². The SMILES string of the molecule is COCCCNC(=O)COc1ccc(OC)c(N)c1. The topological polar surface area (TPSA) is 82.8 Å². The number of carbonyl (C=O) groups is 1. The van der Waals surface area contributed by atoms with E-state index < -0.39 is 0 Å². The zero-order valence-electron chi connectivity index (χ0n) is 11.3. The van der Waals surface area contributed by atoms with Crippen molar-refractivity contribution in [2.45, 2.75) is 6.42 Å². The quantitative estimate of drug-likeness (QED) is 0.538. The number of hydrogen-bond acceptors (Lipinski definition) is 5. The highest BCUT2D eigenvalue weighted by Crippen LogP contribution is 2.25. The summed E-state index contributed by atoms with van der Waals surface area (Å²) in [6.45, 7) is 1.15. The van der Waals surface area contributed by atoms with Crippen LogP contribution in [0.4, 0.5) is 5.69 Å². The average Bonchev–Trinajstić information content (AvgIpc) is 2.41. The molecule has 0 radical (unpaired) electrons. The first kappa shape index (κ1) is 15.1. The molecule has 1 amide bonds.